The Labute approximate surface area is 184 Å². The number of anilines is 1. The Balaban J connectivity index is 1.89. The van der Waals surface area contributed by atoms with E-state index in [2.05, 4.69) is 5.32 Å². The van der Waals surface area contributed by atoms with Gasteiger partial charge < -0.3 is 19.9 Å². The van der Waals surface area contributed by atoms with Gasteiger partial charge in [0.15, 0.2) is 0 Å². The summed E-state index contributed by atoms with van der Waals surface area (Å²) < 4.78 is 11.2. The summed E-state index contributed by atoms with van der Waals surface area (Å²) in [6.07, 6.45) is 0.207. The highest BCUT2D eigenvalue weighted by atomic mass is 32.1. The van der Waals surface area contributed by atoms with E-state index in [0.717, 1.165) is 10.4 Å². The molecule has 0 spiro atoms. The number of para-hydroxylation sites is 1. The van der Waals surface area contributed by atoms with E-state index >= 15 is 0 Å². The van der Waals surface area contributed by atoms with Crippen LogP contribution in [0, 0.1) is 0 Å². The van der Waals surface area contributed by atoms with E-state index in [0.29, 0.717) is 28.3 Å². The van der Waals surface area contributed by atoms with E-state index < -0.39 is 5.97 Å². The third kappa shape index (κ3) is 4.01. The van der Waals surface area contributed by atoms with Gasteiger partial charge in [-0.05, 0) is 37.6 Å². The Kier molecular flexibility index (Phi) is 5.69. The molecular weight excluding hydrogens is 414 g/mol. The minimum Gasteiger partial charge on any atom is -0.497 e. The maximum absolute atomic E-state index is 12.7. The summed E-state index contributed by atoms with van der Waals surface area (Å²) in [4.78, 5) is 25.8. The number of hydrogen-bond donors (Lipinski definition) is 2. The zero-order valence-corrected chi connectivity index (χ0v) is 18.3. The molecule has 1 unspecified atom stereocenters. The number of fused-ring (bicyclic) bond motifs is 1. The minimum absolute atomic E-state index is 0.0224. The van der Waals surface area contributed by atoms with Crippen molar-refractivity contribution in [1.82, 2.24) is 0 Å². The monoisotopic (exact) mass is 437 g/mol. The van der Waals surface area contributed by atoms with Crippen LogP contribution < -0.4 is 14.8 Å². The van der Waals surface area contributed by atoms with Crippen LogP contribution in [0.1, 0.15) is 46.3 Å². The number of carbonyl (C=O) groups is 2. The molecule has 0 saturated carbocycles. The molecule has 1 aromatic heterocycles. The number of thiophene rings is 1. The number of rotatable bonds is 6. The maximum atomic E-state index is 12.7. The molecule has 6 nitrogen and oxygen atoms in total. The number of nitrogens with one attached hydrogen (secondary N) is 1. The summed E-state index contributed by atoms with van der Waals surface area (Å²) in [7, 11) is 1.58. The number of carboxylic acids is 1. The third-order valence-electron chi connectivity index (χ3n) is 5.14. The average Bonchev–Trinajstić information content (AvgIpc) is 3.13. The summed E-state index contributed by atoms with van der Waals surface area (Å²) in [6, 6.07) is 14.8. The number of carboxylic acid groups (broad SMARTS) is 1. The molecule has 1 atom stereocenters. The van der Waals surface area contributed by atoms with Crippen molar-refractivity contribution in [2.75, 3.05) is 12.4 Å². The van der Waals surface area contributed by atoms with E-state index in [1.54, 1.807) is 31.4 Å². The second kappa shape index (κ2) is 8.43. The van der Waals surface area contributed by atoms with Crippen LogP contribution in [-0.2, 0) is 4.79 Å². The normalized spacial score (nSPS) is 15.4. The number of hydrogen-bond acceptors (Lipinski definition) is 5. The number of amides is 1. The topological polar surface area (TPSA) is 84.9 Å². The molecule has 160 valence electrons. The minimum atomic E-state index is -1.02. The molecular formula is C24H23NO5S. The van der Waals surface area contributed by atoms with Gasteiger partial charge in [-0.25, -0.2) is 4.79 Å². The first-order chi connectivity index (χ1) is 14.9. The quantitative estimate of drug-likeness (QED) is 0.541. The Bertz CT molecular complexity index is 1130. The zero-order chi connectivity index (χ0) is 22.1. The Morgan fingerprint density at radius 3 is 2.52 bits per heavy atom. The van der Waals surface area contributed by atoms with Crippen molar-refractivity contribution in [3.8, 4) is 22.6 Å². The Morgan fingerprint density at radius 2 is 1.87 bits per heavy atom. The Hall–Kier alpha value is -3.32. The van der Waals surface area contributed by atoms with Crippen LogP contribution in [0.25, 0.3) is 11.1 Å². The molecule has 2 heterocycles. The Morgan fingerprint density at radius 1 is 1.16 bits per heavy atom. The van der Waals surface area contributed by atoms with Gasteiger partial charge in [-0.15, -0.1) is 11.3 Å². The molecule has 7 heteroatoms. The largest absolute Gasteiger partial charge is 0.497 e. The molecule has 0 radical (unpaired) electrons. The number of benzene rings is 2. The summed E-state index contributed by atoms with van der Waals surface area (Å²) in [5.41, 5.74) is 2.68. The van der Waals surface area contributed by atoms with Crippen molar-refractivity contribution < 1.29 is 24.2 Å². The molecule has 1 amide bonds. The fourth-order valence-corrected chi connectivity index (χ4v) is 5.09. The van der Waals surface area contributed by atoms with Crippen molar-refractivity contribution in [1.29, 1.82) is 0 Å². The van der Waals surface area contributed by atoms with Gasteiger partial charge in [0, 0.05) is 28.3 Å². The number of methoxy groups -OCH3 is 1. The van der Waals surface area contributed by atoms with Crippen LogP contribution in [0.3, 0.4) is 0 Å². The summed E-state index contributed by atoms with van der Waals surface area (Å²) in [6.45, 7) is 3.90. The maximum Gasteiger partial charge on any atom is 0.346 e. The van der Waals surface area contributed by atoms with Gasteiger partial charge in [0.25, 0.3) is 0 Å². The van der Waals surface area contributed by atoms with Gasteiger partial charge in [0.05, 0.1) is 18.9 Å². The smallest absolute Gasteiger partial charge is 0.346 e. The van der Waals surface area contributed by atoms with E-state index in [4.69, 9.17) is 9.47 Å². The van der Waals surface area contributed by atoms with Gasteiger partial charge in [0.1, 0.15) is 16.4 Å². The first kappa shape index (κ1) is 20.9. The number of ether oxygens (including phenoxy) is 2. The molecule has 3 aromatic rings. The lowest BCUT2D eigenvalue weighted by Crippen LogP contribution is -2.23. The summed E-state index contributed by atoms with van der Waals surface area (Å²) in [5.74, 6) is -0.0779. The van der Waals surface area contributed by atoms with Gasteiger partial charge in [-0.3, -0.25) is 4.79 Å². The van der Waals surface area contributed by atoms with Gasteiger partial charge in [0.2, 0.25) is 5.91 Å². The predicted octanol–water partition coefficient (Wildman–Crippen LogP) is 5.38. The molecule has 4 rings (SSSR count). The molecule has 31 heavy (non-hydrogen) atoms. The number of carbonyl (C=O) groups excluding carboxylic acids is 1. The molecule has 1 aliphatic rings. The molecule has 0 aliphatic carbocycles. The van der Waals surface area contributed by atoms with Crippen LogP contribution in [0.2, 0.25) is 0 Å². The lowest BCUT2D eigenvalue weighted by Gasteiger charge is -2.26. The number of aromatic carboxylic acids is 1. The first-order valence-electron chi connectivity index (χ1n) is 9.98. The van der Waals surface area contributed by atoms with Crippen molar-refractivity contribution in [3.05, 3.63) is 63.8 Å². The SMILES string of the molecule is COc1ccc(-c2c(C(=O)O)sc3c2NC(=O)CC3c2ccccc2OC(C)C)cc1. The molecule has 2 aromatic carbocycles. The van der Waals surface area contributed by atoms with Crippen molar-refractivity contribution in [2.45, 2.75) is 32.3 Å². The molecule has 0 fully saturated rings. The van der Waals surface area contributed by atoms with Crippen LogP contribution in [0.4, 0.5) is 5.69 Å². The molecule has 1 aliphatic heterocycles. The second-order valence-corrected chi connectivity index (χ2v) is 8.64. The highest BCUT2D eigenvalue weighted by Gasteiger charge is 2.35. The van der Waals surface area contributed by atoms with Gasteiger partial charge in [-0.2, -0.15) is 0 Å². The standard InChI is InChI=1S/C24H23NO5S/c1-13(2)30-18-7-5-4-6-16(18)17-12-19(26)25-21-20(23(24(27)28)31-22(17)21)14-8-10-15(29-3)11-9-14/h4-11,13,17H,12H2,1-3H3,(H,25,26)(H,27,28). The highest BCUT2D eigenvalue weighted by molar-refractivity contribution is 7.15. The lowest BCUT2D eigenvalue weighted by atomic mass is 9.88. The fraction of sp³-hybridized carbons (Fsp3) is 0.250. The zero-order valence-electron chi connectivity index (χ0n) is 17.5. The van der Waals surface area contributed by atoms with Crippen molar-refractivity contribution in [2.24, 2.45) is 0 Å². The third-order valence-corrected chi connectivity index (χ3v) is 6.43. The molecule has 0 bridgehead atoms. The summed E-state index contributed by atoms with van der Waals surface area (Å²) in [5, 5.41) is 12.8. The molecule has 0 saturated heterocycles. The van der Waals surface area contributed by atoms with Gasteiger partial charge >= 0.3 is 5.97 Å². The lowest BCUT2D eigenvalue weighted by molar-refractivity contribution is -0.116. The van der Waals surface area contributed by atoms with Gasteiger partial charge in [-0.1, -0.05) is 30.3 Å². The van der Waals surface area contributed by atoms with Crippen molar-refractivity contribution >= 4 is 28.9 Å². The van der Waals surface area contributed by atoms with Crippen LogP contribution in [0.5, 0.6) is 11.5 Å². The summed E-state index contributed by atoms with van der Waals surface area (Å²) >= 11 is 1.21. The van der Waals surface area contributed by atoms with Crippen molar-refractivity contribution in [3.63, 3.8) is 0 Å². The van der Waals surface area contributed by atoms with E-state index in [1.807, 2.05) is 38.1 Å². The molecule has 2 N–H and O–H groups in total. The van der Waals surface area contributed by atoms with Crippen LogP contribution >= 0.6 is 11.3 Å². The van der Waals surface area contributed by atoms with E-state index in [-0.39, 0.29) is 29.2 Å². The average molecular weight is 438 g/mol. The second-order valence-electron chi connectivity index (χ2n) is 7.59. The van der Waals surface area contributed by atoms with Crippen LogP contribution in [0.15, 0.2) is 48.5 Å². The van der Waals surface area contributed by atoms with Crippen LogP contribution in [-0.4, -0.2) is 30.2 Å². The van der Waals surface area contributed by atoms with E-state index in [1.165, 1.54) is 11.3 Å². The first-order valence-corrected chi connectivity index (χ1v) is 10.8. The predicted molar refractivity (Wildman–Crippen MR) is 121 cm³/mol. The van der Waals surface area contributed by atoms with E-state index in [9.17, 15) is 14.7 Å². The highest BCUT2D eigenvalue weighted by Crippen LogP contribution is 2.50. The fourth-order valence-electron chi connectivity index (χ4n) is 3.85.